The van der Waals surface area contributed by atoms with Crippen LogP contribution in [0.5, 0.6) is 0 Å². The van der Waals surface area contributed by atoms with Crippen LogP contribution in [0.15, 0.2) is 53.7 Å². The van der Waals surface area contributed by atoms with Gasteiger partial charge in [-0.25, -0.2) is 4.39 Å². The summed E-state index contributed by atoms with van der Waals surface area (Å²) in [5, 5.41) is 9.39. The highest BCUT2D eigenvalue weighted by molar-refractivity contribution is 7.99. The van der Waals surface area contributed by atoms with E-state index in [0.29, 0.717) is 23.1 Å². The number of morpholine rings is 1. The first-order valence-electron chi connectivity index (χ1n) is 10.3. The molecule has 8 heteroatoms. The Kier molecular flexibility index (Phi) is 7.11. The van der Waals surface area contributed by atoms with Crippen LogP contribution in [-0.2, 0) is 11.3 Å². The number of aromatic nitrogens is 3. The predicted octanol–water partition coefficient (Wildman–Crippen LogP) is 3.70. The van der Waals surface area contributed by atoms with Gasteiger partial charge in [-0.1, -0.05) is 41.6 Å². The van der Waals surface area contributed by atoms with E-state index in [0.717, 1.165) is 44.0 Å². The van der Waals surface area contributed by atoms with Gasteiger partial charge in [0.2, 0.25) is 0 Å². The van der Waals surface area contributed by atoms with Crippen molar-refractivity contribution in [1.82, 2.24) is 19.7 Å². The lowest BCUT2D eigenvalue weighted by molar-refractivity contribution is 0.0361. The number of nitrogens with zero attached hydrogens (tertiary/aromatic N) is 4. The molecule has 6 nitrogen and oxygen atoms in total. The van der Waals surface area contributed by atoms with Gasteiger partial charge in [0, 0.05) is 37.3 Å². The molecule has 0 amide bonds. The standard InChI is InChI=1S/C23H25FN4O2S/c1-17-2-4-18(5-3-17)21(29)16-31-23-26-25-22(19-6-8-20(24)9-7-19)28(23)11-10-27-12-14-30-15-13-27/h2-9H,10-16H2,1H3. The molecule has 0 spiro atoms. The summed E-state index contributed by atoms with van der Waals surface area (Å²) in [6.07, 6.45) is 0. The first-order valence-corrected chi connectivity index (χ1v) is 11.3. The van der Waals surface area contributed by atoms with Crippen LogP contribution in [0.25, 0.3) is 11.4 Å². The Morgan fingerprint density at radius 3 is 2.45 bits per heavy atom. The number of hydrogen-bond donors (Lipinski definition) is 0. The number of ether oxygens (including phenoxy) is 1. The molecule has 0 bridgehead atoms. The predicted molar refractivity (Wildman–Crippen MR) is 119 cm³/mol. The molecule has 0 radical (unpaired) electrons. The molecule has 0 saturated carbocycles. The van der Waals surface area contributed by atoms with Crippen LogP contribution in [0.4, 0.5) is 4.39 Å². The van der Waals surface area contributed by atoms with Gasteiger partial charge >= 0.3 is 0 Å². The van der Waals surface area contributed by atoms with Crippen molar-refractivity contribution in [3.8, 4) is 11.4 Å². The molecule has 1 saturated heterocycles. The van der Waals surface area contributed by atoms with Crippen molar-refractivity contribution in [2.24, 2.45) is 0 Å². The van der Waals surface area contributed by atoms with E-state index in [1.165, 1.54) is 23.9 Å². The highest BCUT2D eigenvalue weighted by atomic mass is 32.2. The number of benzene rings is 2. The van der Waals surface area contributed by atoms with E-state index >= 15 is 0 Å². The molecule has 1 aliphatic heterocycles. The lowest BCUT2D eigenvalue weighted by Crippen LogP contribution is -2.38. The molecular weight excluding hydrogens is 415 g/mol. The molecule has 31 heavy (non-hydrogen) atoms. The van der Waals surface area contributed by atoms with Gasteiger partial charge in [0.1, 0.15) is 5.82 Å². The van der Waals surface area contributed by atoms with Crippen molar-refractivity contribution in [2.45, 2.75) is 18.6 Å². The van der Waals surface area contributed by atoms with Gasteiger partial charge in [0.15, 0.2) is 16.8 Å². The molecular formula is C23H25FN4O2S. The first kappa shape index (κ1) is 21.7. The van der Waals surface area contributed by atoms with Gasteiger partial charge in [-0.3, -0.25) is 9.69 Å². The van der Waals surface area contributed by atoms with Gasteiger partial charge in [-0.05, 0) is 31.2 Å². The number of aryl methyl sites for hydroxylation is 1. The first-order chi connectivity index (χ1) is 15.1. The second-order valence-electron chi connectivity index (χ2n) is 7.50. The van der Waals surface area contributed by atoms with Crippen molar-refractivity contribution in [3.63, 3.8) is 0 Å². The molecule has 0 unspecified atom stereocenters. The van der Waals surface area contributed by atoms with Crippen molar-refractivity contribution < 1.29 is 13.9 Å². The summed E-state index contributed by atoms with van der Waals surface area (Å²) in [6, 6.07) is 13.8. The van der Waals surface area contributed by atoms with Crippen LogP contribution in [0.1, 0.15) is 15.9 Å². The van der Waals surface area contributed by atoms with Crippen LogP contribution >= 0.6 is 11.8 Å². The van der Waals surface area contributed by atoms with Gasteiger partial charge in [0.05, 0.1) is 19.0 Å². The zero-order valence-electron chi connectivity index (χ0n) is 17.5. The molecule has 162 valence electrons. The second kappa shape index (κ2) is 10.2. The fourth-order valence-corrected chi connectivity index (χ4v) is 4.29. The second-order valence-corrected chi connectivity index (χ2v) is 8.44. The SMILES string of the molecule is Cc1ccc(C(=O)CSc2nnc(-c3ccc(F)cc3)n2CCN2CCOCC2)cc1. The van der Waals surface area contributed by atoms with Crippen LogP contribution in [0.3, 0.4) is 0 Å². The minimum atomic E-state index is -0.290. The van der Waals surface area contributed by atoms with E-state index in [2.05, 4.69) is 15.1 Å². The van der Waals surface area contributed by atoms with Crippen molar-refractivity contribution in [1.29, 1.82) is 0 Å². The summed E-state index contributed by atoms with van der Waals surface area (Å²) in [4.78, 5) is 15.0. The average molecular weight is 441 g/mol. The molecule has 2 aromatic carbocycles. The molecule has 0 N–H and O–H groups in total. The molecule has 3 aromatic rings. The van der Waals surface area contributed by atoms with E-state index in [4.69, 9.17) is 4.74 Å². The maximum Gasteiger partial charge on any atom is 0.191 e. The molecule has 4 rings (SSSR count). The fourth-order valence-electron chi connectivity index (χ4n) is 3.43. The maximum atomic E-state index is 13.4. The molecule has 1 aliphatic rings. The van der Waals surface area contributed by atoms with Gasteiger partial charge in [-0.15, -0.1) is 10.2 Å². The molecule has 1 fully saturated rings. The van der Waals surface area contributed by atoms with Crippen molar-refractivity contribution in [3.05, 3.63) is 65.5 Å². The third-order valence-electron chi connectivity index (χ3n) is 5.27. The smallest absolute Gasteiger partial charge is 0.191 e. The lowest BCUT2D eigenvalue weighted by Gasteiger charge is -2.27. The summed E-state index contributed by atoms with van der Waals surface area (Å²) >= 11 is 1.38. The molecule has 1 aromatic heterocycles. The van der Waals surface area contributed by atoms with Crippen LogP contribution < -0.4 is 0 Å². The van der Waals surface area contributed by atoms with Gasteiger partial charge in [-0.2, -0.15) is 0 Å². The minimum absolute atomic E-state index is 0.0519. The van der Waals surface area contributed by atoms with Crippen molar-refractivity contribution in [2.75, 3.05) is 38.6 Å². The Morgan fingerprint density at radius 1 is 1.03 bits per heavy atom. The minimum Gasteiger partial charge on any atom is -0.379 e. The Hall–Kier alpha value is -2.55. The number of Topliss-reactive ketones (excluding diaryl/α,β-unsaturated/α-hetero) is 1. The van der Waals surface area contributed by atoms with Gasteiger partial charge in [0.25, 0.3) is 0 Å². The zero-order chi connectivity index (χ0) is 21.6. The Bertz CT molecular complexity index is 1020. The number of ketones is 1. The van der Waals surface area contributed by atoms with E-state index in [1.54, 1.807) is 12.1 Å². The quantitative estimate of drug-likeness (QED) is 0.393. The number of halogens is 1. The molecule has 0 atom stereocenters. The Labute approximate surface area is 185 Å². The molecule has 2 heterocycles. The summed E-state index contributed by atoms with van der Waals surface area (Å²) in [5.41, 5.74) is 2.61. The van der Waals surface area contributed by atoms with Crippen LogP contribution in [-0.4, -0.2) is 64.0 Å². The Balaban J connectivity index is 1.51. The number of rotatable bonds is 8. The monoisotopic (exact) mass is 440 g/mol. The number of thioether (sulfide) groups is 1. The Morgan fingerprint density at radius 2 is 1.74 bits per heavy atom. The van der Waals surface area contributed by atoms with E-state index < -0.39 is 0 Å². The summed E-state index contributed by atoms with van der Waals surface area (Å²) < 4.78 is 20.8. The van der Waals surface area contributed by atoms with E-state index in [9.17, 15) is 9.18 Å². The topological polar surface area (TPSA) is 60.2 Å². The lowest BCUT2D eigenvalue weighted by atomic mass is 10.1. The van der Waals surface area contributed by atoms with Crippen molar-refractivity contribution >= 4 is 17.5 Å². The van der Waals surface area contributed by atoms with E-state index in [1.807, 2.05) is 35.8 Å². The fraction of sp³-hybridized carbons (Fsp3) is 0.348. The average Bonchev–Trinajstić information content (AvgIpc) is 3.20. The third-order valence-corrected chi connectivity index (χ3v) is 6.24. The summed E-state index contributed by atoms with van der Waals surface area (Å²) in [6.45, 7) is 6.76. The molecule has 0 aliphatic carbocycles. The normalized spacial score (nSPS) is 14.6. The van der Waals surface area contributed by atoms with Gasteiger partial charge < -0.3 is 9.30 Å². The zero-order valence-corrected chi connectivity index (χ0v) is 18.3. The highest BCUT2D eigenvalue weighted by Gasteiger charge is 2.18. The number of carbonyl (C=O) groups is 1. The van der Waals surface area contributed by atoms with Crippen LogP contribution in [0, 0.1) is 12.7 Å². The maximum absolute atomic E-state index is 13.4. The van der Waals surface area contributed by atoms with E-state index in [-0.39, 0.29) is 17.4 Å². The highest BCUT2D eigenvalue weighted by Crippen LogP contribution is 2.25. The number of carbonyl (C=O) groups excluding carboxylic acids is 1. The third kappa shape index (κ3) is 5.58. The summed E-state index contributed by atoms with van der Waals surface area (Å²) in [7, 11) is 0. The van der Waals surface area contributed by atoms with Crippen LogP contribution in [0.2, 0.25) is 0 Å². The summed E-state index contributed by atoms with van der Waals surface area (Å²) in [5.74, 6) is 0.721. The largest absolute Gasteiger partial charge is 0.379 e. The number of hydrogen-bond acceptors (Lipinski definition) is 6.